The highest BCUT2D eigenvalue weighted by molar-refractivity contribution is 6.35. The Kier molecular flexibility index (Phi) is 2.90. The van der Waals surface area contributed by atoms with Gasteiger partial charge < -0.3 is 5.32 Å². The van der Waals surface area contributed by atoms with E-state index in [0.717, 1.165) is 37.0 Å². The van der Waals surface area contributed by atoms with E-state index in [4.69, 9.17) is 23.2 Å². The molecule has 1 saturated heterocycles. The van der Waals surface area contributed by atoms with Crippen molar-refractivity contribution in [1.29, 1.82) is 0 Å². The Bertz CT molecular complexity index is 547. The van der Waals surface area contributed by atoms with Gasteiger partial charge in [-0.1, -0.05) is 11.6 Å². The molecule has 1 aliphatic heterocycles. The van der Waals surface area contributed by atoms with Crippen molar-refractivity contribution in [3.05, 3.63) is 16.6 Å². The summed E-state index contributed by atoms with van der Waals surface area (Å²) in [5, 5.41) is 8.97. The zero-order chi connectivity index (χ0) is 11.8. The lowest BCUT2D eigenvalue weighted by Gasteiger charge is -2.23. The molecule has 90 valence electrons. The second-order valence-electron chi connectivity index (χ2n) is 4.09. The van der Waals surface area contributed by atoms with Crippen molar-refractivity contribution in [3.8, 4) is 0 Å². The summed E-state index contributed by atoms with van der Waals surface area (Å²) in [7, 11) is 0. The van der Waals surface area contributed by atoms with Crippen molar-refractivity contribution in [3.63, 3.8) is 0 Å². The number of rotatable bonds is 1. The maximum absolute atomic E-state index is 6.01. The number of fused-ring (bicyclic) bond motifs is 1. The van der Waals surface area contributed by atoms with Crippen LogP contribution in [0.4, 0.5) is 0 Å². The molecule has 5 nitrogen and oxygen atoms in total. The summed E-state index contributed by atoms with van der Waals surface area (Å²) in [5.41, 5.74) is 0.724. The van der Waals surface area contributed by atoms with Gasteiger partial charge in [0.05, 0.1) is 17.6 Å². The van der Waals surface area contributed by atoms with E-state index < -0.39 is 0 Å². The second kappa shape index (κ2) is 4.40. The lowest BCUT2D eigenvalue weighted by molar-refractivity contribution is 0.349. The van der Waals surface area contributed by atoms with Crippen LogP contribution in [0.5, 0.6) is 0 Å². The van der Waals surface area contributed by atoms with Gasteiger partial charge in [0.2, 0.25) is 5.28 Å². The van der Waals surface area contributed by atoms with E-state index in [9.17, 15) is 0 Å². The number of nitrogens with one attached hydrogen (secondary N) is 1. The molecule has 17 heavy (non-hydrogen) atoms. The van der Waals surface area contributed by atoms with Crippen LogP contribution >= 0.6 is 23.2 Å². The first-order valence-electron chi connectivity index (χ1n) is 5.52. The van der Waals surface area contributed by atoms with E-state index in [1.165, 1.54) is 0 Å². The number of hydrogen-bond donors (Lipinski definition) is 1. The largest absolute Gasteiger partial charge is 0.317 e. The molecule has 0 spiro atoms. The fourth-order valence-electron chi connectivity index (χ4n) is 2.18. The third-order valence-corrected chi connectivity index (χ3v) is 3.49. The maximum Gasteiger partial charge on any atom is 0.225 e. The molecular weight excluding hydrogens is 261 g/mol. The average Bonchev–Trinajstić information content (AvgIpc) is 2.74. The zero-order valence-corrected chi connectivity index (χ0v) is 10.5. The monoisotopic (exact) mass is 271 g/mol. The van der Waals surface area contributed by atoms with Crippen LogP contribution < -0.4 is 5.32 Å². The zero-order valence-electron chi connectivity index (χ0n) is 9.03. The summed E-state index contributed by atoms with van der Waals surface area (Å²) in [6.07, 6.45) is 3.78. The van der Waals surface area contributed by atoms with E-state index in [1.807, 2.05) is 4.68 Å². The first-order valence-corrected chi connectivity index (χ1v) is 6.28. The van der Waals surface area contributed by atoms with E-state index in [2.05, 4.69) is 20.4 Å². The van der Waals surface area contributed by atoms with Crippen LogP contribution in [0.25, 0.3) is 11.0 Å². The number of piperidine rings is 1. The van der Waals surface area contributed by atoms with Gasteiger partial charge in [-0.3, -0.25) is 0 Å². The highest BCUT2D eigenvalue weighted by Crippen LogP contribution is 2.26. The van der Waals surface area contributed by atoms with Gasteiger partial charge in [-0.05, 0) is 37.5 Å². The molecule has 0 bridgehead atoms. The first-order chi connectivity index (χ1) is 8.25. The fourth-order valence-corrected chi connectivity index (χ4v) is 2.61. The summed E-state index contributed by atoms with van der Waals surface area (Å²) in [4.78, 5) is 8.14. The van der Waals surface area contributed by atoms with Gasteiger partial charge in [0.1, 0.15) is 5.15 Å². The van der Waals surface area contributed by atoms with Crippen molar-refractivity contribution in [1.82, 2.24) is 25.1 Å². The van der Waals surface area contributed by atoms with Gasteiger partial charge in [-0.25, -0.2) is 9.67 Å². The van der Waals surface area contributed by atoms with Gasteiger partial charge in [0.15, 0.2) is 5.65 Å². The van der Waals surface area contributed by atoms with Crippen molar-refractivity contribution >= 4 is 34.2 Å². The Hall–Kier alpha value is -0.910. The lowest BCUT2D eigenvalue weighted by atomic mass is 10.1. The summed E-state index contributed by atoms with van der Waals surface area (Å²) in [6, 6.07) is 0.357. The van der Waals surface area contributed by atoms with Crippen LogP contribution in [-0.2, 0) is 0 Å². The van der Waals surface area contributed by atoms with Crippen molar-refractivity contribution in [2.24, 2.45) is 0 Å². The normalized spacial score (nSPS) is 17.8. The van der Waals surface area contributed by atoms with E-state index in [-0.39, 0.29) is 5.28 Å². The van der Waals surface area contributed by atoms with E-state index >= 15 is 0 Å². The molecule has 0 radical (unpaired) electrons. The van der Waals surface area contributed by atoms with Crippen molar-refractivity contribution in [2.45, 2.75) is 18.9 Å². The molecule has 0 amide bonds. The Balaban J connectivity index is 2.10. The molecule has 0 aliphatic carbocycles. The Morgan fingerprint density at radius 1 is 1.24 bits per heavy atom. The van der Waals surface area contributed by atoms with Crippen molar-refractivity contribution in [2.75, 3.05) is 13.1 Å². The first kappa shape index (κ1) is 11.2. The number of halogens is 2. The molecule has 1 aliphatic rings. The van der Waals surface area contributed by atoms with Gasteiger partial charge in [-0.2, -0.15) is 10.1 Å². The van der Waals surface area contributed by atoms with Crippen LogP contribution in [0.15, 0.2) is 6.20 Å². The van der Waals surface area contributed by atoms with Crippen LogP contribution in [-0.4, -0.2) is 32.8 Å². The predicted molar refractivity (Wildman–Crippen MR) is 66.5 cm³/mol. The molecule has 3 rings (SSSR count). The molecule has 3 heterocycles. The molecule has 2 aromatic heterocycles. The minimum Gasteiger partial charge on any atom is -0.317 e. The molecule has 1 N–H and O–H groups in total. The number of nitrogens with zero attached hydrogens (tertiary/aromatic N) is 4. The van der Waals surface area contributed by atoms with Gasteiger partial charge in [0, 0.05) is 0 Å². The van der Waals surface area contributed by atoms with Crippen LogP contribution in [0.2, 0.25) is 10.4 Å². The summed E-state index contributed by atoms with van der Waals surface area (Å²) >= 11 is 11.8. The smallest absolute Gasteiger partial charge is 0.225 e. The quantitative estimate of drug-likeness (QED) is 0.637. The van der Waals surface area contributed by atoms with Crippen molar-refractivity contribution < 1.29 is 0 Å². The Morgan fingerprint density at radius 2 is 2.00 bits per heavy atom. The molecule has 0 unspecified atom stereocenters. The molecule has 0 atom stereocenters. The van der Waals surface area contributed by atoms with Crippen LogP contribution in [0.3, 0.4) is 0 Å². The van der Waals surface area contributed by atoms with Crippen LogP contribution in [0, 0.1) is 0 Å². The second-order valence-corrected chi connectivity index (χ2v) is 4.79. The predicted octanol–water partition coefficient (Wildman–Crippen LogP) is 2.06. The SMILES string of the molecule is Clc1nc(Cl)c2cnn(C3CCNCC3)c2n1. The topological polar surface area (TPSA) is 55.6 Å². The third-order valence-electron chi connectivity index (χ3n) is 3.03. The van der Waals surface area contributed by atoms with E-state index in [1.54, 1.807) is 6.20 Å². The Morgan fingerprint density at radius 3 is 2.76 bits per heavy atom. The highest BCUT2D eigenvalue weighted by Gasteiger charge is 2.20. The molecule has 0 saturated carbocycles. The molecule has 2 aromatic rings. The summed E-state index contributed by atoms with van der Waals surface area (Å²) in [6.45, 7) is 2.00. The molecule has 7 heteroatoms. The third kappa shape index (κ3) is 1.99. The number of hydrogen-bond acceptors (Lipinski definition) is 4. The minimum absolute atomic E-state index is 0.165. The summed E-state index contributed by atoms with van der Waals surface area (Å²) < 4.78 is 1.91. The average molecular weight is 272 g/mol. The maximum atomic E-state index is 6.01. The molecule has 1 fully saturated rings. The van der Waals surface area contributed by atoms with Gasteiger partial charge in [0.25, 0.3) is 0 Å². The van der Waals surface area contributed by atoms with Gasteiger partial charge in [-0.15, -0.1) is 0 Å². The Labute approximate surface area is 108 Å². The molecule has 0 aromatic carbocycles. The molecular formula is C10H11Cl2N5. The fraction of sp³-hybridized carbons (Fsp3) is 0.500. The standard InChI is InChI=1S/C10H11Cl2N5/c11-8-7-5-14-17(6-1-3-13-4-2-6)9(7)16-10(12)15-8/h5-6,13H,1-4H2. The minimum atomic E-state index is 0.165. The van der Waals surface area contributed by atoms with Crippen LogP contribution in [0.1, 0.15) is 18.9 Å². The van der Waals surface area contributed by atoms with E-state index in [0.29, 0.717) is 11.2 Å². The highest BCUT2D eigenvalue weighted by atomic mass is 35.5. The summed E-state index contributed by atoms with van der Waals surface area (Å²) in [5.74, 6) is 0. The lowest BCUT2D eigenvalue weighted by Crippen LogP contribution is -2.29. The number of aromatic nitrogens is 4. The van der Waals surface area contributed by atoms with Gasteiger partial charge >= 0.3 is 0 Å².